The quantitative estimate of drug-likeness (QED) is 0.510. The van der Waals surface area contributed by atoms with E-state index >= 15 is 0 Å². The van der Waals surface area contributed by atoms with E-state index in [0.29, 0.717) is 5.75 Å². The van der Waals surface area contributed by atoms with Crippen molar-refractivity contribution in [1.82, 2.24) is 0 Å². The summed E-state index contributed by atoms with van der Waals surface area (Å²) in [6.07, 6.45) is -2.85. The molecule has 1 aliphatic heterocycles. The topological polar surface area (TPSA) is 108 Å². The highest BCUT2D eigenvalue weighted by Gasteiger charge is 2.59. The molecular weight excluding hydrogens is 328 g/mol. The zero-order valence-corrected chi connectivity index (χ0v) is 14.4. The average Bonchev–Trinajstić information content (AvgIpc) is 2.71. The van der Waals surface area contributed by atoms with E-state index in [1.807, 2.05) is 6.92 Å². The van der Waals surface area contributed by atoms with Crippen LogP contribution in [0.25, 0.3) is 0 Å². The Morgan fingerprint density at radius 1 is 1.13 bits per heavy atom. The van der Waals surface area contributed by atoms with Crippen molar-refractivity contribution < 1.29 is 38.4 Å². The van der Waals surface area contributed by atoms with Gasteiger partial charge in [0, 0.05) is 20.8 Å². The van der Waals surface area contributed by atoms with Crippen LogP contribution < -0.4 is 0 Å². The van der Waals surface area contributed by atoms with Gasteiger partial charge in [0.15, 0.2) is 17.1 Å². The fourth-order valence-electron chi connectivity index (χ4n) is 2.36. The zero-order chi connectivity index (χ0) is 17.6. The molecule has 23 heavy (non-hydrogen) atoms. The van der Waals surface area contributed by atoms with E-state index in [2.05, 4.69) is 0 Å². The maximum atomic E-state index is 11.4. The van der Waals surface area contributed by atoms with Gasteiger partial charge in [-0.2, -0.15) is 0 Å². The fraction of sp³-hybridized carbons (Fsp3) is 0.786. The van der Waals surface area contributed by atoms with Crippen molar-refractivity contribution in [2.75, 3.05) is 19.0 Å². The molecule has 8 nitrogen and oxygen atoms in total. The second kappa shape index (κ2) is 8.51. The summed E-state index contributed by atoms with van der Waals surface area (Å²) in [7, 11) is 0. The first-order chi connectivity index (χ1) is 10.8. The first-order valence-corrected chi connectivity index (χ1v) is 8.14. The molecular formula is C14H22O8S. The van der Waals surface area contributed by atoms with Crippen LogP contribution in [-0.4, -0.2) is 65.2 Å². The summed E-state index contributed by atoms with van der Waals surface area (Å²) in [4.78, 5) is 32.5. The second-order valence-corrected chi connectivity index (χ2v) is 6.52. The average molecular weight is 350 g/mol. The largest absolute Gasteiger partial charge is 0.463 e. The predicted molar refractivity (Wildman–Crippen MR) is 80.6 cm³/mol. The Hall–Kier alpha value is -1.32. The molecule has 0 unspecified atom stereocenters. The van der Waals surface area contributed by atoms with Crippen molar-refractivity contribution >= 4 is 29.7 Å². The maximum Gasteiger partial charge on any atom is 0.303 e. The first-order valence-electron chi connectivity index (χ1n) is 7.16. The van der Waals surface area contributed by atoms with E-state index in [9.17, 15) is 19.5 Å². The van der Waals surface area contributed by atoms with E-state index in [1.165, 1.54) is 32.5 Å². The smallest absolute Gasteiger partial charge is 0.303 e. The fourth-order valence-corrected chi connectivity index (χ4v) is 3.48. The van der Waals surface area contributed by atoms with Crippen LogP contribution in [0.2, 0.25) is 0 Å². The number of hydrogen-bond acceptors (Lipinski definition) is 9. The molecule has 0 aliphatic carbocycles. The van der Waals surface area contributed by atoms with Gasteiger partial charge in [-0.1, -0.05) is 6.92 Å². The molecule has 0 aromatic carbocycles. The summed E-state index contributed by atoms with van der Waals surface area (Å²) < 4.78 is 21.2. The van der Waals surface area contributed by atoms with Crippen LogP contribution in [0.15, 0.2) is 0 Å². The molecule has 0 aromatic heterocycles. The Labute approximate surface area is 138 Å². The van der Waals surface area contributed by atoms with Crippen LogP contribution in [-0.2, 0) is 33.3 Å². The third-order valence-corrected chi connectivity index (χ3v) is 4.34. The monoisotopic (exact) mass is 350 g/mol. The summed E-state index contributed by atoms with van der Waals surface area (Å²) >= 11 is 1.22. The van der Waals surface area contributed by atoms with Crippen molar-refractivity contribution in [2.45, 2.75) is 50.9 Å². The number of aliphatic hydroxyl groups excluding tert-OH is 1. The van der Waals surface area contributed by atoms with Crippen LogP contribution in [0, 0.1) is 0 Å². The molecule has 0 amide bonds. The van der Waals surface area contributed by atoms with Gasteiger partial charge in [0.25, 0.3) is 0 Å². The third-order valence-electron chi connectivity index (χ3n) is 3.10. The minimum absolute atomic E-state index is 0.183. The molecule has 1 saturated heterocycles. The molecule has 1 N–H and O–H groups in total. The van der Waals surface area contributed by atoms with Gasteiger partial charge in [0.1, 0.15) is 12.7 Å². The molecule has 0 spiro atoms. The van der Waals surface area contributed by atoms with Crippen molar-refractivity contribution in [1.29, 1.82) is 0 Å². The number of thioether (sulfide) groups is 1. The van der Waals surface area contributed by atoms with Crippen molar-refractivity contribution in [3.8, 4) is 0 Å². The number of hydrogen-bond donors (Lipinski definition) is 1. The van der Waals surface area contributed by atoms with Gasteiger partial charge in [-0.25, -0.2) is 0 Å². The number of esters is 3. The number of aliphatic hydroxyl groups is 1. The normalized spacial score (nSPS) is 29.9. The summed E-state index contributed by atoms with van der Waals surface area (Å²) in [6, 6.07) is 0. The molecule has 0 aromatic rings. The maximum absolute atomic E-state index is 11.4. The molecule has 132 valence electrons. The third kappa shape index (κ3) is 5.08. The zero-order valence-electron chi connectivity index (χ0n) is 13.6. The van der Waals surface area contributed by atoms with Gasteiger partial charge < -0.3 is 24.1 Å². The van der Waals surface area contributed by atoms with Gasteiger partial charge in [-0.3, -0.25) is 14.4 Å². The highest BCUT2D eigenvalue weighted by Crippen LogP contribution is 2.43. The summed E-state index contributed by atoms with van der Waals surface area (Å²) in [5, 5.41) is 9.79. The molecule has 1 rings (SSSR count). The Bertz CT molecular complexity index is 454. The van der Waals surface area contributed by atoms with E-state index in [-0.39, 0.29) is 6.61 Å². The lowest BCUT2D eigenvalue weighted by atomic mass is 10.1. The molecule has 9 heteroatoms. The van der Waals surface area contributed by atoms with Crippen LogP contribution in [0.5, 0.6) is 0 Å². The number of rotatable bonds is 7. The Kier molecular flexibility index (Phi) is 7.30. The molecule has 0 radical (unpaired) electrons. The van der Waals surface area contributed by atoms with Crippen molar-refractivity contribution in [2.24, 2.45) is 0 Å². The van der Waals surface area contributed by atoms with E-state index in [1.54, 1.807) is 0 Å². The minimum Gasteiger partial charge on any atom is -0.463 e. The van der Waals surface area contributed by atoms with E-state index in [0.717, 1.165) is 0 Å². The van der Waals surface area contributed by atoms with Gasteiger partial charge >= 0.3 is 17.9 Å². The first kappa shape index (κ1) is 19.7. The summed E-state index contributed by atoms with van der Waals surface area (Å²) in [5.74, 6) is -1.16. The van der Waals surface area contributed by atoms with Crippen LogP contribution in [0.3, 0.4) is 0 Å². The summed E-state index contributed by atoms with van der Waals surface area (Å²) in [5.41, 5.74) is 0. The SMILES string of the molecule is CCS[C@@]1(CO)O[C@H](COC(C)=O)[C@@H](OC(C)=O)[C@@H]1OC(C)=O. The Morgan fingerprint density at radius 3 is 2.17 bits per heavy atom. The Balaban J connectivity index is 3.12. The van der Waals surface area contributed by atoms with Crippen LogP contribution in [0.4, 0.5) is 0 Å². The summed E-state index contributed by atoms with van der Waals surface area (Å²) in [6.45, 7) is 4.85. The van der Waals surface area contributed by atoms with Gasteiger partial charge in [-0.05, 0) is 5.75 Å². The van der Waals surface area contributed by atoms with Gasteiger partial charge in [0.2, 0.25) is 0 Å². The molecule has 1 heterocycles. The second-order valence-electron chi connectivity index (χ2n) is 4.97. The van der Waals surface area contributed by atoms with E-state index in [4.69, 9.17) is 18.9 Å². The number of ether oxygens (including phenoxy) is 4. The highest BCUT2D eigenvalue weighted by atomic mass is 32.2. The number of carbonyl (C=O) groups excluding carboxylic acids is 3. The Morgan fingerprint density at radius 2 is 1.74 bits per heavy atom. The lowest BCUT2D eigenvalue weighted by molar-refractivity contribution is -0.166. The van der Waals surface area contributed by atoms with Gasteiger partial charge in [0.05, 0.1) is 6.61 Å². The molecule has 1 fully saturated rings. The lowest BCUT2D eigenvalue weighted by Gasteiger charge is -2.31. The van der Waals surface area contributed by atoms with Crippen molar-refractivity contribution in [3.63, 3.8) is 0 Å². The number of carbonyl (C=O) groups is 3. The molecule has 1 aliphatic rings. The standard InChI is InChI=1S/C14H22O8S/c1-5-23-14(7-15)13(21-10(4)18)12(20-9(3)17)11(22-14)6-19-8(2)16/h11-13,15H,5-7H2,1-4H3/t11-,12-,13+,14-/m1/s1. The molecule has 0 saturated carbocycles. The molecule has 0 bridgehead atoms. The van der Waals surface area contributed by atoms with Gasteiger partial charge in [-0.15, -0.1) is 11.8 Å². The highest BCUT2D eigenvalue weighted by molar-refractivity contribution is 8.00. The van der Waals surface area contributed by atoms with E-state index < -0.39 is 47.8 Å². The van der Waals surface area contributed by atoms with Crippen molar-refractivity contribution in [3.05, 3.63) is 0 Å². The minimum atomic E-state index is -1.29. The van der Waals surface area contributed by atoms with Crippen LogP contribution in [0.1, 0.15) is 27.7 Å². The lowest BCUT2D eigenvalue weighted by Crippen LogP contribution is -2.47. The van der Waals surface area contributed by atoms with Crippen LogP contribution >= 0.6 is 11.8 Å². The molecule has 4 atom stereocenters. The predicted octanol–water partition coefficient (Wildman–Crippen LogP) is 0.253.